The minimum Gasteiger partial charge on any atom is -0.852 e. The fraction of sp³-hybridized carbons (Fsp3) is 0.0769. The van der Waals surface area contributed by atoms with Crippen LogP contribution in [0.1, 0.15) is 11.1 Å². The molecule has 0 radical (unpaired) electrons. The van der Waals surface area contributed by atoms with Gasteiger partial charge in [0.15, 0.2) is 0 Å². The van der Waals surface area contributed by atoms with E-state index in [1.165, 1.54) is 24.3 Å². The van der Waals surface area contributed by atoms with Gasteiger partial charge >= 0.3 is 19.5 Å². The Morgan fingerprint density at radius 1 is 0.639 bits per heavy atom. The maximum atomic E-state index is 10.5. The van der Waals surface area contributed by atoms with Crippen molar-refractivity contribution in [1.82, 2.24) is 9.97 Å². The molecule has 9 nitrogen and oxygen atoms in total. The molecule has 0 fully saturated rings. The van der Waals surface area contributed by atoms with Gasteiger partial charge in [0, 0.05) is 96.1 Å². The summed E-state index contributed by atoms with van der Waals surface area (Å²) in [5, 5.41) is 60.1. The summed E-state index contributed by atoms with van der Waals surface area (Å²) < 4.78 is 0. The minimum absolute atomic E-state index is 0. The molecule has 0 aliphatic heterocycles. The van der Waals surface area contributed by atoms with E-state index < -0.39 is 23.0 Å². The van der Waals surface area contributed by atoms with Gasteiger partial charge in [0.25, 0.3) is 0 Å². The van der Waals surface area contributed by atoms with E-state index in [4.69, 9.17) is 10.2 Å². The monoisotopic (exact) mass is 540 g/mol. The molecule has 0 bridgehead atoms. The first-order chi connectivity index (χ1) is 16.4. The van der Waals surface area contributed by atoms with Crippen LogP contribution in [-0.4, -0.2) is 25.7 Å². The van der Waals surface area contributed by atoms with E-state index in [1.807, 2.05) is 0 Å². The van der Waals surface area contributed by atoms with Crippen LogP contribution in [0, 0.1) is 0 Å². The molecule has 2 heterocycles. The Labute approximate surface area is 221 Å². The molecule has 0 spiro atoms. The summed E-state index contributed by atoms with van der Waals surface area (Å²) in [5.41, 5.74) is 2.98. The van der Waals surface area contributed by atoms with E-state index in [0.29, 0.717) is 11.4 Å². The van der Waals surface area contributed by atoms with Gasteiger partial charge in [0.2, 0.25) is 0 Å². The summed E-state index contributed by atoms with van der Waals surface area (Å²) in [5.74, 6) is -1.83. The van der Waals surface area contributed by atoms with Crippen molar-refractivity contribution in [3.63, 3.8) is 0 Å². The molecule has 4 N–H and O–H groups in total. The fourth-order valence-corrected chi connectivity index (χ4v) is 2.45. The number of aromatic nitrogens is 2. The Bertz CT molecular complexity index is 1070. The third-order valence-electron chi connectivity index (χ3n) is 4.20. The quantitative estimate of drug-likeness (QED) is 0.277. The summed E-state index contributed by atoms with van der Waals surface area (Å²) in [6.45, 7) is -0.0373. The third kappa shape index (κ3) is 11.1. The Morgan fingerprint density at radius 3 is 1.39 bits per heavy atom. The van der Waals surface area contributed by atoms with Crippen LogP contribution in [-0.2, 0) is 32.7 Å². The van der Waals surface area contributed by atoms with Gasteiger partial charge in [-0.1, -0.05) is 0 Å². The van der Waals surface area contributed by atoms with E-state index in [-0.39, 0.29) is 38.2 Å². The zero-order valence-electron chi connectivity index (χ0n) is 19.3. The number of aliphatic hydroxyl groups is 2. The van der Waals surface area contributed by atoms with E-state index in [9.17, 15) is 20.4 Å². The molecule has 0 aliphatic rings. The second-order valence-electron chi connectivity index (χ2n) is 6.69. The number of hydrogen-bond donors (Lipinski definition) is 2. The zero-order chi connectivity index (χ0) is 24.8. The maximum absolute atomic E-state index is 10.5. The number of rotatable bonds is 3. The molecule has 0 saturated carbocycles. The van der Waals surface area contributed by atoms with Crippen molar-refractivity contribution in [2.45, 2.75) is 13.2 Å². The summed E-state index contributed by atoms with van der Waals surface area (Å²) >= 11 is 0. The molecular weight excluding hydrogens is 518 g/mol. The second kappa shape index (κ2) is 17.6. The van der Waals surface area contributed by atoms with Crippen LogP contribution in [0.15, 0.2) is 97.3 Å². The van der Waals surface area contributed by atoms with E-state index >= 15 is 0 Å². The molecule has 2 aromatic heterocycles. The third-order valence-corrected chi connectivity index (χ3v) is 4.20. The van der Waals surface area contributed by atoms with Gasteiger partial charge in [0.1, 0.15) is 0 Å². The first kappa shape index (κ1) is 32.2. The van der Waals surface area contributed by atoms with Crippen LogP contribution in [0.2, 0.25) is 0 Å². The van der Waals surface area contributed by atoms with Crippen molar-refractivity contribution in [1.29, 1.82) is 0 Å². The Hall–Kier alpha value is -3.82. The topological polar surface area (TPSA) is 190 Å². The Balaban J connectivity index is 0.000000531. The zero-order valence-corrected chi connectivity index (χ0v) is 22.2. The number of hydrogen-bond acceptors (Lipinski definition) is 8. The van der Waals surface area contributed by atoms with Crippen molar-refractivity contribution in [2.75, 3.05) is 0 Å². The van der Waals surface area contributed by atoms with Gasteiger partial charge in [-0.2, -0.15) is 0 Å². The molecule has 0 aliphatic carbocycles. The largest absolute Gasteiger partial charge is 2.00 e. The molecule has 36 heavy (non-hydrogen) atoms. The van der Waals surface area contributed by atoms with Gasteiger partial charge in [-0.15, -0.1) is 0 Å². The maximum Gasteiger partial charge on any atom is 2.00 e. The predicted octanol–water partition coefficient (Wildman–Crippen LogP) is 0.531. The number of nitrogens with zero attached hydrogens (tertiary/aromatic N) is 2. The Kier molecular flexibility index (Phi) is 15.7. The van der Waals surface area contributed by atoms with Gasteiger partial charge in [-0.05, 0) is 35.4 Å². The van der Waals surface area contributed by atoms with Crippen LogP contribution in [0.5, 0.6) is 23.0 Å². The molecule has 10 heteroatoms. The summed E-state index contributed by atoms with van der Waals surface area (Å²) in [6.07, 6.45) is 3.27. The molecule has 2 aromatic carbocycles. The van der Waals surface area contributed by atoms with Crippen LogP contribution in [0.4, 0.5) is 0 Å². The van der Waals surface area contributed by atoms with Crippen LogP contribution in [0.3, 0.4) is 0 Å². The summed E-state index contributed by atoms with van der Waals surface area (Å²) in [7, 11) is 0. The van der Waals surface area contributed by atoms with Crippen LogP contribution < -0.4 is 20.4 Å². The van der Waals surface area contributed by atoms with E-state index in [1.54, 1.807) is 73.1 Å². The van der Waals surface area contributed by atoms with Gasteiger partial charge < -0.3 is 36.1 Å². The van der Waals surface area contributed by atoms with Gasteiger partial charge in [-0.25, -0.2) is 0 Å². The minimum atomic E-state index is -0.458. The van der Waals surface area contributed by atoms with Crippen molar-refractivity contribution in [3.8, 4) is 34.4 Å². The molecule has 0 saturated heterocycles. The molecule has 4 aromatic rings. The number of pyridine rings is 2. The number of aliphatic hydroxyl groups excluding tert-OH is 2. The average molecular weight is 542 g/mol. The first-order valence-electron chi connectivity index (χ1n) is 10.1. The van der Waals surface area contributed by atoms with Crippen LogP contribution in [0.25, 0.3) is 11.4 Å². The molecular formula is C26H24N2O7Zn. The molecule has 0 amide bonds. The fourth-order valence-electron chi connectivity index (χ4n) is 2.45. The molecule has 0 atom stereocenters. The van der Waals surface area contributed by atoms with Crippen molar-refractivity contribution in [3.05, 3.63) is 108 Å². The molecule has 4 rings (SSSR count). The summed E-state index contributed by atoms with van der Waals surface area (Å²) in [4.78, 5) is 8.36. The first-order valence-corrected chi connectivity index (χ1v) is 10.1. The van der Waals surface area contributed by atoms with Crippen molar-refractivity contribution >= 4 is 0 Å². The molecule has 182 valence electrons. The smallest absolute Gasteiger partial charge is 0.852 e. The standard InChI is InChI=1S/C12H12N2O2.2C7H6O2.H2O.Zn/c15-7-9-1-3-13-11(5-9)12-6-10(8-16)2-4-14-12;2*8-6-4-2-1-3-5-7(6)9;;/h1-6,15-16H,7-8H2;2*1-5,8H;1H2;/q;;;;+2/p-2. The van der Waals surface area contributed by atoms with E-state index in [0.717, 1.165) is 11.1 Å². The second-order valence-corrected chi connectivity index (χ2v) is 6.69. The average Bonchev–Trinajstić information content (AvgIpc) is 3.19. The Morgan fingerprint density at radius 2 is 1.03 bits per heavy atom. The molecule has 0 unspecified atom stereocenters. The van der Waals surface area contributed by atoms with Crippen molar-refractivity contribution in [2.24, 2.45) is 0 Å². The summed E-state index contributed by atoms with van der Waals surface area (Å²) in [6, 6.07) is 21.5. The normalized spacial score (nSPS) is 9.06. The van der Waals surface area contributed by atoms with E-state index in [2.05, 4.69) is 9.97 Å². The SMILES string of the molecule is O.OCc1ccnc(-c2cc(CO)ccn2)c1.[O-]c1ccccc[c+]1[O-].[O-]c1ccccc[c+]1[O-].[Zn+2]. The van der Waals surface area contributed by atoms with Gasteiger partial charge in [-0.3, -0.25) is 9.97 Å². The van der Waals surface area contributed by atoms with Crippen LogP contribution >= 0.6 is 0 Å². The predicted molar refractivity (Wildman–Crippen MR) is 122 cm³/mol. The van der Waals surface area contributed by atoms with Crippen molar-refractivity contribution < 1.29 is 55.6 Å². The van der Waals surface area contributed by atoms with Gasteiger partial charge in [0.05, 0.1) is 24.6 Å².